The molecular formula is C49H60IrNO2-. The SMILES string of the molecule is CCC(C)(CC)C(=O)/C=C(\O)C(C)(CC)CC.Cc1c[c-]c(-c2nccc3c2ccc2c4c(ccc23)-c2cc(C)c(C(C)C)cc2C4(C)C)cc1C.[Ir]. The monoisotopic (exact) mass is 887 g/mol. The number of carbonyl (C=O) groups is 1. The minimum atomic E-state index is -0.337. The Balaban J connectivity index is 0.000000299. The van der Waals surface area contributed by atoms with Gasteiger partial charge in [-0.05, 0) is 105 Å². The molecule has 0 fully saturated rings. The smallest absolute Gasteiger partial charge is 0.164 e. The molecule has 0 aliphatic heterocycles. The van der Waals surface area contributed by atoms with E-state index in [9.17, 15) is 9.90 Å². The van der Waals surface area contributed by atoms with Crippen LogP contribution < -0.4 is 0 Å². The number of aliphatic hydroxyl groups is 1. The van der Waals surface area contributed by atoms with Crippen molar-refractivity contribution in [3.63, 3.8) is 0 Å². The van der Waals surface area contributed by atoms with E-state index in [-0.39, 0.29) is 47.9 Å². The Morgan fingerprint density at radius 3 is 1.96 bits per heavy atom. The maximum atomic E-state index is 12.2. The van der Waals surface area contributed by atoms with Crippen LogP contribution in [0, 0.1) is 37.7 Å². The second-order valence-corrected chi connectivity index (χ2v) is 16.6. The molecule has 0 spiro atoms. The van der Waals surface area contributed by atoms with Gasteiger partial charge in [-0.1, -0.05) is 119 Å². The van der Waals surface area contributed by atoms with E-state index in [4.69, 9.17) is 4.98 Å². The van der Waals surface area contributed by atoms with Gasteiger partial charge in [0.25, 0.3) is 0 Å². The van der Waals surface area contributed by atoms with Gasteiger partial charge in [0.05, 0.1) is 0 Å². The molecule has 1 aliphatic rings. The molecule has 1 aliphatic carbocycles. The average Bonchev–Trinajstić information content (AvgIpc) is 3.36. The maximum Gasteiger partial charge on any atom is 0.164 e. The third kappa shape index (κ3) is 7.56. The number of carbonyl (C=O) groups excluding carboxylic acids is 1. The van der Waals surface area contributed by atoms with Gasteiger partial charge in [0.2, 0.25) is 0 Å². The number of rotatable bonds is 9. The molecule has 4 aromatic carbocycles. The predicted octanol–water partition coefficient (Wildman–Crippen LogP) is 13.9. The topological polar surface area (TPSA) is 50.2 Å². The van der Waals surface area contributed by atoms with Crippen LogP contribution in [0.5, 0.6) is 0 Å². The first-order chi connectivity index (χ1) is 24.5. The van der Waals surface area contributed by atoms with E-state index >= 15 is 0 Å². The fourth-order valence-electron chi connectivity index (χ4n) is 7.90. The number of pyridine rings is 1. The molecule has 4 heteroatoms. The number of hydrogen-bond donors (Lipinski definition) is 1. The predicted molar refractivity (Wildman–Crippen MR) is 222 cm³/mol. The fourth-order valence-corrected chi connectivity index (χ4v) is 7.90. The molecule has 0 bridgehead atoms. The molecule has 1 heterocycles. The number of fused-ring (bicyclic) bond motifs is 7. The molecular weight excluding hydrogens is 827 g/mol. The molecule has 5 aromatic rings. The zero-order chi connectivity index (χ0) is 38.3. The van der Waals surface area contributed by atoms with Crippen molar-refractivity contribution in [1.29, 1.82) is 0 Å². The number of nitrogens with zero attached hydrogens (tertiary/aromatic N) is 1. The number of aliphatic hydroxyl groups excluding tert-OH is 1. The molecule has 0 saturated heterocycles. The van der Waals surface area contributed by atoms with Gasteiger partial charge in [-0.25, -0.2) is 0 Å². The van der Waals surface area contributed by atoms with Gasteiger partial charge in [-0.3, -0.25) is 4.79 Å². The molecule has 53 heavy (non-hydrogen) atoms. The first kappa shape index (κ1) is 42.2. The van der Waals surface area contributed by atoms with Crippen LogP contribution in [-0.4, -0.2) is 15.9 Å². The van der Waals surface area contributed by atoms with Crippen LogP contribution in [-0.2, 0) is 30.3 Å². The number of hydrogen-bond acceptors (Lipinski definition) is 3. The largest absolute Gasteiger partial charge is 0.512 e. The summed E-state index contributed by atoms with van der Waals surface area (Å²) < 4.78 is 0. The number of ketones is 1. The third-order valence-electron chi connectivity index (χ3n) is 12.8. The van der Waals surface area contributed by atoms with E-state index in [0.717, 1.165) is 36.9 Å². The summed E-state index contributed by atoms with van der Waals surface area (Å²) in [6, 6.07) is 24.1. The third-order valence-corrected chi connectivity index (χ3v) is 12.8. The van der Waals surface area contributed by atoms with Crippen molar-refractivity contribution in [3.8, 4) is 22.4 Å². The number of aryl methyl sites for hydroxylation is 3. The molecule has 0 atom stereocenters. The minimum absolute atomic E-state index is 0. The van der Waals surface area contributed by atoms with Crippen molar-refractivity contribution >= 4 is 27.3 Å². The molecule has 0 amide bonds. The van der Waals surface area contributed by atoms with Crippen LogP contribution in [0.3, 0.4) is 0 Å². The second kappa shape index (κ2) is 16.0. The molecule has 0 saturated carbocycles. The van der Waals surface area contributed by atoms with Crippen molar-refractivity contribution < 1.29 is 30.0 Å². The van der Waals surface area contributed by atoms with Crippen LogP contribution >= 0.6 is 0 Å². The Morgan fingerprint density at radius 1 is 0.792 bits per heavy atom. The van der Waals surface area contributed by atoms with Gasteiger partial charge >= 0.3 is 0 Å². The maximum absolute atomic E-state index is 12.2. The van der Waals surface area contributed by atoms with Crippen molar-refractivity contribution in [2.24, 2.45) is 10.8 Å². The summed E-state index contributed by atoms with van der Waals surface area (Å²) in [4.78, 5) is 17.0. The van der Waals surface area contributed by atoms with Gasteiger partial charge in [0.1, 0.15) is 5.76 Å². The van der Waals surface area contributed by atoms with Gasteiger partial charge in [-0.2, -0.15) is 0 Å². The normalized spacial score (nSPS) is 13.7. The molecule has 1 radical (unpaired) electrons. The van der Waals surface area contributed by atoms with E-state index in [1.54, 1.807) is 0 Å². The van der Waals surface area contributed by atoms with Crippen LogP contribution in [0.25, 0.3) is 43.9 Å². The first-order valence-electron chi connectivity index (χ1n) is 19.4. The molecule has 283 valence electrons. The standard InChI is InChI=1S/C34H32N.C15H28O2.Ir/c1-19(2)29-18-31-30(17-22(29)5)27-11-10-24-25-14-15-35-33(23-9-8-20(3)21(4)16-23)28(25)13-12-26(24)32(27)34(31,6)7;1-7-14(5,8-2)12(16)11-13(17)15(6,9-3)10-4;/h8,10-19H,1-7H3;11,16H,7-10H2,1-6H3;/q-1;;/b;12-11-;. The summed E-state index contributed by atoms with van der Waals surface area (Å²) in [6.07, 6.45) is 6.70. The molecule has 3 nitrogen and oxygen atoms in total. The van der Waals surface area contributed by atoms with Gasteiger partial charge in [0.15, 0.2) is 5.78 Å². The second-order valence-electron chi connectivity index (χ2n) is 16.6. The van der Waals surface area contributed by atoms with Crippen LogP contribution in [0.1, 0.15) is 134 Å². The number of allylic oxidation sites excluding steroid dienone is 2. The zero-order valence-electron chi connectivity index (χ0n) is 34.4. The van der Waals surface area contributed by atoms with E-state index in [0.29, 0.717) is 5.92 Å². The van der Waals surface area contributed by atoms with E-state index < -0.39 is 0 Å². The average molecular weight is 887 g/mol. The van der Waals surface area contributed by atoms with Crippen LogP contribution in [0.15, 0.2) is 72.6 Å². The van der Waals surface area contributed by atoms with E-state index in [2.05, 4.69) is 109 Å². The molecule has 6 rings (SSSR count). The van der Waals surface area contributed by atoms with Gasteiger partial charge < -0.3 is 10.1 Å². The van der Waals surface area contributed by atoms with Crippen LogP contribution in [0.4, 0.5) is 0 Å². The van der Waals surface area contributed by atoms with E-state index in [1.165, 1.54) is 72.1 Å². The van der Waals surface area contributed by atoms with Crippen molar-refractivity contribution in [2.45, 2.75) is 127 Å². The Bertz CT molecular complexity index is 2180. The Hall–Kier alpha value is -3.59. The number of benzene rings is 4. The minimum Gasteiger partial charge on any atom is -0.512 e. The first-order valence-corrected chi connectivity index (χ1v) is 19.4. The van der Waals surface area contributed by atoms with Gasteiger partial charge in [-0.15, -0.1) is 34.9 Å². The Morgan fingerprint density at radius 2 is 1.38 bits per heavy atom. The summed E-state index contributed by atoms with van der Waals surface area (Å²) >= 11 is 0. The summed E-state index contributed by atoms with van der Waals surface area (Å²) in [6.45, 7) is 28.0. The number of aromatic nitrogens is 1. The molecule has 1 N–H and O–H groups in total. The van der Waals surface area contributed by atoms with Gasteiger partial charge in [0, 0.05) is 48.6 Å². The van der Waals surface area contributed by atoms with Crippen LogP contribution in [0.2, 0.25) is 0 Å². The summed E-state index contributed by atoms with van der Waals surface area (Å²) in [7, 11) is 0. The van der Waals surface area contributed by atoms with E-state index in [1.807, 2.05) is 47.7 Å². The van der Waals surface area contributed by atoms with Crippen molar-refractivity contribution in [2.75, 3.05) is 0 Å². The Labute approximate surface area is 333 Å². The summed E-state index contributed by atoms with van der Waals surface area (Å²) in [5.74, 6) is 0.808. The summed E-state index contributed by atoms with van der Waals surface area (Å²) in [5.41, 5.74) is 12.5. The summed E-state index contributed by atoms with van der Waals surface area (Å²) in [5, 5.41) is 15.2. The Kier molecular flexibility index (Phi) is 12.7. The van der Waals surface area contributed by atoms with Crippen molar-refractivity contribution in [3.05, 3.63) is 112 Å². The van der Waals surface area contributed by atoms with Crippen molar-refractivity contribution in [1.82, 2.24) is 4.98 Å². The fraction of sp³-hybridized carbons (Fsp3) is 0.429. The molecule has 1 aromatic heterocycles. The quantitative estimate of drug-likeness (QED) is 0.0694. The molecule has 0 unspecified atom stereocenters. The zero-order valence-corrected chi connectivity index (χ0v) is 36.8.